The highest BCUT2D eigenvalue weighted by molar-refractivity contribution is 5.66. The zero-order chi connectivity index (χ0) is 18.6. The minimum atomic E-state index is -0.235. The Hall–Kier alpha value is -0.710. The molecule has 0 bridgehead atoms. The molecular weight excluding hydrogens is 312 g/mol. The second kappa shape index (κ2) is 19.6. The highest BCUT2D eigenvalue weighted by atomic mass is 16.5. The van der Waals surface area contributed by atoms with Crippen LogP contribution >= 0.6 is 0 Å². The molecule has 0 aromatic carbocycles. The average molecular weight is 355 g/mol. The molecule has 0 aromatic heterocycles. The van der Waals surface area contributed by atoms with E-state index >= 15 is 0 Å². The van der Waals surface area contributed by atoms with Gasteiger partial charge in [-0.1, -0.05) is 70.4 Å². The summed E-state index contributed by atoms with van der Waals surface area (Å²) in [6.45, 7) is 3.06. The lowest BCUT2D eigenvalue weighted by Crippen LogP contribution is -3.10. The fourth-order valence-corrected chi connectivity index (χ4v) is 2.90. The maximum Gasteiger partial charge on any atom is 0.312 e. The van der Waals surface area contributed by atoms with Crippen LogP contribution in [0, 0.1) is 5.21 Å². The number of quaternary nitrogens is 1. The van der Waals surface area contributed by atoms with Crippen LogP contribution in [0.25, 0.3) is 0 Å². The molecule has 0 aliphatic heterocycles. The van der Waals surface area contributed by atoms with Gasteiger partial charge in [-0.05, 0) is 38.6 Å². The molecule has 0 aliphatic carbocycles. The highest BCUT2D eigenvalue weighted by Crippen LogP contribution is 2.09. The second-order valence-electron chi connectivity index (χ2n) is 7.07. The van der Waals surface area contributed by atoms with Crippen LogP contribution in [0.4, 0.5) is 0 Å². The molecule has 0 spiro atoms. The lowest BCUT2D eigenvalue weighted by molar-refractivity contribution is -0.765. The number of rotatable bonds is 18. The van der Waals surface area contributed by atoms with E-state index in [9.17, 15) is 10.0 Å². The van der Waals surface area contributed by atoms with E-state index in [2.05, 4.69) is 19.1 Å². The average Bonchev–Trinajstić information content (AvgIpc) is 2.62. The molecule has 148 valence electrons. The standard InChI is InChI=1S/C21H42N2O2/c1-2-3-4-5-6-7-8-9-10-11-12-13-14-15-16-18-21(24)23(25)20-17-19-22/h9-10,23H,2-8,11-20,22H2,1H3/b10-9-. The molecular formula is C21H42N2O2. The minimum Gasteiger partial charge on any atom is -0.627 e. The Balaban J connectivity index is 3.27. The Morgan fingerprint density at radius 2 is 1.36 bits per heavy atom. The number of nitrogens with two attached hydrogens (primary N) is 1. The third-order valence-corrected chi connectivity index (χ3v) is 4.58. The summed E-state index contributed by atoms with van der Waals surface area (Å²) >= 11 is 0. The zero-order valence-corrected chi connectivity index (χ0v) is 16.6. The van der Waals surface area contributed by atoms with Crippen molar-refractivity contribution in [3.8, 4) is 0 Å². The van der Waals surface area contributed by atoms with Crippen molar-refractivity contribution in [3.05, 3.63) is 17.4 Å². The summed E-state index contributed by atoms with van der Waals surface area (Å²) in [7, 11) is 0. The summed E-state index contributed by atoms with van der Waals surface area (Å²) in [4.78, 5) is 11.6. The van der Waals surface area contributed by atoms with Gasteiger partial charge in [0.2, 0.25) is 0 Å². The van der Waals surface area contributed by atoms with Gasteiger partial charge >= 0.3 is 5.91 Å². The first kappa shape index (κ1) is 24.3. The summed E-state index contributed by atoms with van der Waals surface area (Å²) in [5, 5.41) is 11.2. The molecule has 0 radical (unpaired) electrons. The summed E-state index contributed by atoms with van der Waals surface area (Å²) < 4.78 is 0. The first-order valence-electron chi connectivity index (χ1n) is 10.6. The number of unbranched alkanes of at least 4 members (excludes halogenated alkanes) is 11. The number of carbonyl (C=O) groups is 1. The van der Waals surface area contributed by atoms with Crippen molar-refractivity contribution in [1.82, 2.24) is 0 Å². The van der Waals surface area contributed by atoms with Crippen molar-refractivity contribution < 1.29 is 9.86 Å². The third kappa shape index (κ3) is 17.9. The van der Waals surface area contributed by atoms with Crippen LogP contribution in [0.1, 0.15) is 103 Å². The maximum absolute atomic E-state index is 11.6. The number of nitrogens with one attached hydrogen (secondary N) is 1. The van der Waals surface area contributed by atoms with Crippen LogP contribution in [0.2, 0.25) is 0 Å². The smallest absolute Gasteiger partial charge is 0.312 e. The minimum absolute atomic E-state index is 0.203. The van der Waals surface area contributed by atoms with Crippen molar-refractivity contribution in [1.29, 1.82) is 0 Å². The van der Waals surface area contributed by atoms with E-state index in [1.54, 1.807) is 0 Å². The normalized spacial score (nSPS) is 12.8. The molecule has 1 atom stereocenters. The van der Waals surface area contributed by atoms with Crippen LogP contribution in [-0.4, -0.2) is 19.0 Å². The van der Waals surface area contributed by atoms with Gasteiger partial charge in [0.1, 0.15) is 0 Å². The number of allylic oxidation sites excluding steroid dienone is 2. The molecule has 0 heterocycles. The van der Waals surface area contributed by atoms with E-state index in [1.807, 2.05) is 0 Å². The molecule has 3 N–H and O–H groups in total. The van der Waals surface area contributed by atoms with Gasteiger partial charge in [0, 0.05) is 6.42 Å². The lowest BCUT2D eigenvalue weighted by atomic mass is 10.1. The Bertz CT molecular complexity index is 319. The van der Waals surface area contributed by atoms with Gasteiger partial charge in [-0.3, -0.25) is 0 Å². The molecule has 0 saturated heterocycles. The van der Waals surface area contributed by atoms with Gasteiger partial charge in [0.15, 0.2) is 0 Å². The lowest BCUT2D eigenvalue weighted by Gasteiger charge is -2.18. The Morgan fingerprint density at radius 3 is 1.92 bits per heavy atom. The topological polar surface area (TPSA) is 70.6 Å². The molecule has 0 fully saturated rings. The third-order valence-electron chi connectivity index (χ3n) is 4.58. The van der Waals surface area contributed by atoms with Crippen molar-refractivity contribution in [2.45, 2.75) is 103 Å². The highest BCUT2D eigenvalue weighted by Gasteiger charge is 2.09. The largest absolute Gasteiger partial charge is 0.627 e. The van der Waals surface area contributed by atoms with Crippen LogP contribution in [0.5, 0.6) is 0 Å². The predicted molar refractivity (Wildman–Crippen MR) is 107 cm³/mol. The first-order chi connectivity index (χ1) is 12.2. The fraction of sp³-hybridized carbons (Fsp3) is 0.857. The molecule has 0 aliphatic rings. The van der Waals surface area contributed by atoms with E-state index < -0.39 is 0 Å². The number of hydrogen-bond donors (Lipinski definition) is 2. The Morgan fingerprint density at radius 1 is 0.840 bits per heavy atom. The number of amides is 1. The van der Waals surface area contributed by atoms with Crippen LogP contribution in [-0.2, 0) is 4.79 Å². The number of hydroxylamine groups is 2. The first-order valence-corrected chi connectivity index (χ1v) is 10.6. The maximum atomic E-state index is 11.6. The summed E-state index contributed by atoms with van der Waals surface area (Å²) in [5.41, 5.74) is 5.34. The summed E-state index contributed by atoms with van der Waals surface area (Å²) in [6.07, 6.45) is 21.8. The van der Waals surface area contributed by atoms with Crippen molar-refractivity contribution >= 4 is 5.91 Å². The zero-order valence-electron chi connectivity index (χ0n) is 16.6. The molecule has 25 heavy (non-hydrogen) atoms. The fourth-order valence-electron chi connectivity index (χ4n) is 2.90. The Labute approximate surface area is 155 Å². The van der Waals surface area contributed by atoms with Crippen LogP contribution < -0.4 is 10.8 Å². The molecule has 4 nitrogen and oxygen atoms in total. The van der Waals surface area contributed by atoms with Crippen LogP contribution in [0.3, 0.4) is 0 Å². The van der Waals surface area contributed by atoms with E-state index in [-0.39, 0.29) is 11.0 Å². The molecule has 4 heteroatoms. The molecule has 0 saturated carbocycles. The predicted octanol–water partition coefficient (Wildman–Crippen LogP) is 4.28. The number of hydrogen-bond acceptors (Lipinski definition) is 3. The van der Waals surface area contributed by atoms with Gasteiger partial charge in [-0.25, -0.2) is 4.79 Å². The molecule has 1 amide bonds. The van der Waals surface area contributed by atoms with Crippen molar-refractivity contribution in [2.24, 2.45) is 5.73 Å². The second-order valence-corrected chi connectivity index (χ2v) is 7.07. The van der Waals surface area contributed by atoms with Crippen molar-refractivity contribution in [2.75, 3.05) is 13.1 Å². The van der Waals surface area contributed by atoms with Gasteiger partial charge in [-0.2, -0.15) is 0 Å². The SMILES string of the molecule is CCCCCCCC/C=C\CCCCCCCC(=O)[NH+]([O-])CCCN. The van der Waals surface area contributed by atoms with Crippen LogP contribution in [0.15, 0.2) is 12.2 Å². The van der Waals surface area contributed by atoms with Gasteiger partial charge in [0.25, 0.3) is 0 Å². The van der Waals surface area contributed by atoms with Gasteiger partial charge in [-0.15, -0.1) is 0 Å². The van der Waals surface area contributed by atoms with Crippen molar-refractivity contribution in [3.63, 3.8) is 0 Å². The summed E-state index contributed by atoms with van der Waals surface area (Å²) in [6, 6.07) is 0. The molecule has 1 unspecified atom stereocenters. The quantitative estimate of drug-likeness (QED) is 0.219. The van der Waals surface area contributed by atoms with E-state index in [0.29, 0.717) is 25.9 Å². The van der Waals surface area contributed by atoms with E-state index in [1.165, 1.54) is 64.2 Å². The molecule has 0 rings (SSSR count). The monoisotopic (exact) mass is 354 g/mol. The summed E-state index contributed by atoms with van der Waals surface area (Å²) in [5.74, 6) is -0.203. The van der Waals surface area contributed by atoms with E-state index in [4.69, 9.17) is 5.73 Å². The Kier molecular flexibility index (Phi) is 19.1. The number of carbonyl (C=O) groups excluding carboxylic acids is 1. The molecule has 0 aromatic rings. The van der Waals surface area contributed by atoms with Gasteiger partial charge < -0.3 is 16.0 Å². The van der Waals surface area contributed by atoms with E-state index in [0.717, 1.165) is 19.3 Å². The van der Waals surface area contributed by atoms with Gasteiger partial charge in [0.05, 0.1) is 13.0 Å².